The van der Waals surface area contributed by atoms with E-state index in [1.807, 2.05) is 71.0 Å². The number of nitrogens with zero attached hydrogens (tertiary/aromatic N) is 11. The summed E-state index contributed by atoms with van der Waals surface area (Å²) in [6.07, 6.45) is 3.58. The van der Waals surface area contributed by atoms with Crippen LogP contribution in [0.15, 0.2) is 73.2 Å². The standard InChI is InChI=1S/C18H18F3N5O3.C16H24N4O4.C13H8F3NO2.C12H18IN3O2.C4H7NO2/c1-10-7-26-15(14(6-22-26)24-2-3-29-9-16(24)27)8-25(10)18(28)23-11-4-12(19)17(21)13(20)5-11;1-11-8-20-13(9-19(11)15(22)24-16(2,3)4)12(7-17-20)18-5-6-23-10-14(18)21;14-10-6-8(7-11(15)12(10)16)17-13(18)19-9-4-2-1-3-5-9;1-8-6-16-10(9(13)5-14-16)7-15(8)11(17)18-12(2,3)4;6-4-3-7-2-1-5-4/h4-6,10H,2-3,7-9H2,1H3,(H,23,28);7,11H,5-6,8-10H2,1-4H3;1-7H,(H,17,18);5,8H,6-7H2,1-4H3;1-3H2,(H,5,6)/t10-;11-;;8-;/m00.0./s1. The smallest absolute Gasteiger partial charge is 0.417 e. The van der Waals surface area contributed by atoms with Gasteiger partial charge in [-0.1, -0.05) is 18.2 Å². The number of morpholine rings is 3. The summed E-state index contributed by atoms with van der Waals surface area (Å²) in [5, 5.41) is 20.1. The molecular formula is C63H75F6IN14O13. The van der Waals surface area contributed by atoms with Crippen LogP contribution in [0.25, 0.3) is 0 Å². The molecule has 3 N–H and O–H groups in total. The zero-order chi connectivity index (χ0) is 70.6. The minimum atomic E-state index is -1.60. The zero-order valence-electron chi connectivity index (χ0n) is 54.6. The molecule has 0 radical (unpaired) electrons. The highest BCUT2D eigenvalue weighted by molar-refractivity contribution is 14.1. The first-order valence-corrected chi connectivity index (χ1v) is 31.7. The normalized spacial score (nSPS) is 18.3. The summed E-state index contributed by atoms with van der Waals surface area (Å²) in [6, 6.07) is 10.0. The highest BCUT2D eigenvalue weighted by Crippen LogP contribution is 2.32. The average Bonchev–Trinajstić information content (AvgIpc) is 1.69. The molecule has 27 nitrogen and oxygen atoms in total. The van der Waals surface area contributed by atoms with Crippen LogP contribution in [0, 0.1) is 38.5 Å². The highest BCUT2D eigenvalue weighted by Gasteiger charge is 2.37. The van der Waals surface area contributed by atoms with Crippen molar-refractivity contribution in [1.82, 2.24) is 49.4 Å². The minimum absolute atomic E-state index is 0.00810. The monoisotopic (exact) mass is 1480 g/mol. The van der Waals surface area contributed by atoms with E-state index in [1.165, 1.54) is 17.0 Å². The van der Waals surface area contributed by atoms with Crippen molar-refractivity contribution >= 4 is 87.4 Å². The van der Waals surface area contributed by atoms with Crippen molar-refractivity contribution in [3.8, 4) is 5.75 Å². The molecule has 3 aromatic carbocycles. The first-order chi connectivity index (χ1) is 45.8. The van der Waals surface area contributed by atoms with Crippen molar-refractivity contribution in [1.29, 1.82) is 0 Å². The summed E-state index contributed by atoms with van der Waals surface area (Å²) in [4.78, 5) is 91.4. The number of para-hydroxylation sites is 1. The van der Waals surface area contributed by atoms with Gasteiger partial charge in [0, 0.05) is 49.6 Å². The van der Waals surface area contributed by atoms with Crippen LogP contribution in [0.5, 0.6) is 5.75 Å². The fourth-order valence-corrected chi connectivity index (χ4v) is 10.8. The van der Waals surface area contributed by atoms with E-state index < -0.39 is 58.2 Å². The van der Waals surface area contributed by atoms with Crippen LogP contribution in [0.3, 0.4) is 0 Å². The van der Waals surface area contributed by atoms with E-state index >= 15 is 0 Å². The quantitative estimate of drug-likeness (QED) is 0.0825. The fourth-order valence-electron chi connectivity index (χ4n) is 10.2. The molecule has 0 unspecified atom stereocenters. The third kappa shape index (κ3) is 19.8. The molecule has 9 heterocycles. The molecule has 524 valence electrons. The van der Waals surface area contributed by atoms with E-state index in [0.717, 1.165) is 27.2 Å². The maximum Gasteiger partial charge on any atom is 0.417 e. The van der Waals surface area contributed by atoms with E-state index in [-0.39, 0.29) is 91.5 Å². The van der Waals surface area contributed by atoms with E-state index in [9.17, 15) is 59.9 Å². The number of carbonyl (C=O) groups excluding carboxylic acids is 7. The number of urea groups is 1. The molecule has 6 aromatic rings. The Kier molecular flexibility index (Phi) is 24.6. The largest absolute Gasteiger partial charge is 0.444 e. The second-order valence-corrected chi connectivity index (χ2v) is 25.9. The summed E-state index contributed by atoms with van der Waals surface area (Å²) in [5.41, 5.74) is 2.53. The van der Waals surface area contributed by atoms with Crippen molar-refractivity contribution in [2.45, 2.75) is 131 Å². The van der Waals surface area contributed by atoms with Gasteiger partial charge in [-0.15, -0.1) is 0 Å². The summed E-state index contributed by atoms with van der Waals surface area (Å²) in [6.45, 7) is 23.1. The lowest BCUT2D eigenvalue weighted by Gasteiger charge is -2.36. The number of nitrogens with one attached hydrogen (secondary N) is 3. The molecule has 34 heteroatoms. The molecule has 3 atom stereocenters. The molecule has 0 bridgehead atoms. The summed E-state index contributed by atoms with van der Waals surface area (Å²) in [7, 11) is 0. The number of amides is 8. The van der Waals surface area contributed by atoms with Gasteiger partial charge in [0.05, 0.1) is 134 Å². The Hall–Kier alpha value is -9.03. The highest BCUT2D eigenvalue weighted by atomic mass is 127. The Bertz CT molecular complexity index is 3770. The lowest BCUT2D eigenvalue weighted by atomic mass is 10.1. The molecule has 0 aliphatic carbocycles. The van der Waals surface area contributed by atoms with Gasteiger partial charge in [-0.2, -0.15) is 15.3 Å². The number of ether oxygens (including phenoxy) is 6. The van der Waals surface area contributed by atoms with Gasteiger partial charge in [-0.3, -0.25) is 43.5 Å². The number of hydrogen-bond donors (Lipinski definition) is 3. The van der Waals surface area contributed by atoms with Gasteiger partial charge in [-0.25, -0.2) is 45.5 Å². The van der Waals surface area contributed by atoms with Crippen LogP contribution < -0.4 is 30.5 Å². The van der Waals surface area contributed by atoms with Gasteiger partial charge in [0.1, 0.15) is 36.8 Å². The van der Waals surface area contributed by atoms with Crippen LogP contribution >= 0.6 is 22.6 Å². The zero-order valence-corrected chi connectivity index (χ0v) is 56.8. The van der Waals surface area contributed by atoms with Gasteiger partial charge in [0.25, 0.3) is 11.8 Å². The van der Waals surface area contributed by atoms with Gasteiger partial charge in [-0.05, 0) is 97.0 Å². The second kappa shape index (κ2) is 32.3. The van der Waals surface area contributed by atoms with E-state index in [4.69, 9.17) is 28.4 Å². The number of halogens is 7. The van der Waals surface area contributed by atoms with Crippen LogP contribution in [0.4, 0.5) is 68.3 Å². The molecule has 3 fully saturated rings. The van der Waals surface area contributed by atoms with Gasteiger partial charge in [0.15, 0.2) is 34.9 Å². The van der Waals surface area contributed by atoms with Crippen molar-refractivity contribution in [3.63, 3.8) is 0 Å². The molecule has 0 spiro atoms. The first-order valence-electron chi connectivity index (χ1n) is 30.6. The van der Waals surface area contributed by atoms with Gasteiger partial charge >= 0.3 is 24.3 Å². The SMILES string of the molecule is C[C@H]1Cn2ncc(I)c2CN1C(=O)OC(C)(C)C.C[C@H]1Cn2ncc(N3CCOCC3=O)c2CN1C(=O)Nc1cc(F)c(F)c(F)c1.C[C@H]1Cn2ncc(N3CCOCC3=O)c2CN1C(=O)OC(C)(C)C.O=C(Nc1cc(F)c(F)c(F)c1)Oc1ccccc1.O=C1COCCN1. The molecule has 8 amide bonds. The lowest BCUT2D eigenvalue weighted by Crippen LogP contribution is -2.48. The Morgan fingerprint density at radius 3 is 1.40 bits per heavy atom. The number of aromatic nitrogens is 6. The summed E-state index contributed by atoms with van der Waals surface area (Å²) < 4.78 is 116. The van der Waals surface area contributed by atoms with Crippen molar-refractivity contribution in [2.24, 2.45) is 0 Å². The van der Waals surface area contributed by atoms with Crippen molar-refractivity contribution in [2.75, 3.05) is 79.7 Å². The predicted molar refractivity (Wildman–Crippen MR) is 345 cm³/mol. The maximum atomic E-state index is 13.4. The molecule has 6 aliphatic rings. The Labute approximate surface area is 567 Å². The third-order valence-electron chi connectivity index (χ3n) is 14.9. The topological polar surface area (TPSA) is 281 Å². The number of rotatable bonds is 5. The molecule has 3 saturated heterocycles. The van der Waals surface area contributed by atoms with E-state index in [0.29, 0.717) is 101 Å². The number of anilines is 4. The predicted octanol–water partition coefficient (Wildman–Crippen LogP) is 8.96. The van der Waals surface area contributed by atoms with Crippen LogP contribution in [0.1, 0.15) is 79.4 Å². The van der Waals surface area contributed by atoms with Crippen LogP contribution in [-0.4, -0.2) is 175 Å². The number of carbonyl (C=O) groups is 7. The Balaban J connectivity index is 0.000000162. The number of benzene rings is 3. The molecule has 3 aromatic heterocycles. The third-order valence-corrected chi connectivity index (χ3v) is 15.8. The molecule has 0 saturated carbocycles. The molecular weight excluding hydrogens is 1400 g/mol. The Morgan fingerprint density at radius 1 is 0.567 bits per heavy atom. The minimum Gasteiger partial charge on any atom is -0.444 e. The van der Waals surface area contributed by atoms with Crippen LogP contribution in [-0.2, 0) is 77.3 Å². The second-order valence-electron chi connectivity index (χ2n) is 24.7. The number of hydrogen-bond acceptors (Lipinski definition) is 16. The average molecular weight is 1480 g/mol. The van der Waals surface area contributed by atoms with Crippen molar-refractivity contribution < 1.29 is 88.3 Å². The molecule has 12 rings (SSSR count). The Morgan fingerprint density at radius 2 is 0.979 bits per heavy atom. The first kappa shape index (κ1) is 73.8. The summed E-state index contributed by atoms with van der Waals surface area (Å²) in [5.74, 6) is -8.78. The van der Waals surface area contributed by atoms with Gasteiger partial charge in [0.2, 0.25) is 5.91 Å². The van der Waals surface area contributed by atoms with E-state index in [1.54, 1.807) is 61.8 Å². The molecule has 97 heavy (non-hydrogen) atoms. The fraction of sp³-hybridized carbons (Fsp3) is 0.460. The maximum absolute atomic E-state index is 13.4. The molecule has 6 aliphatic heterocycles. The van der Waals surface area contributed by atoms with E-state index in [2.05, 4.69) is 53.8 Å². The van der Waals surface area contributed by atoms with Crippen LogP contribution in [0.2, 0.25) is 0 Å². The number of fused-ring (bicyclic) bond motifs is 3. The lowest BCUT2D eigenvalue weighted by molar-refractivity contribution is -0.129. The van der Waals surface area contributed by atoms with Crippen molar-refractivity contribution in [3.05, 3.63) is 129 Å². The summed E-state index contributed by atoms with van der Waals surface area (Å²) >= 11 is 2.25. The van der Waals surface area contributed by atoms with Gasteiger partial charge < -0.3 is 53.8 Å².